The maximum Gasteiger partial charge on any atom is 0.310 e. The molecule has 4 rings (SSSR count). The van der Waals surface area contributed by atoms with Crippen molar-refractivity contribution >= 4 is 82.7 Å². The smallest absolute Gasteiger partial charge is 0.310 e. The van der Waals surface area contributed by atoms with Gasteiger partial charge in [0.1, 0.15) is 12.4 Å². The van der Waals surface area contributed by atoms with Gasteiger partial charge in [-0.05, 0) is 20.3 Å². The van der Waals surface area contributed by atoms with E-state index < -0.39 is 59.1 Å². The van der Waals surface area contributed by atoms with E-state index in [4.69, 9.17) is 37.9 Å². The molecular weight excluding hydrogens is 1210 g/mol. The van der Waals surface area contributed by atoms with E-state index in [9.17, 15) is 63.3 Å². The minimum atomic E-state index is -0.926. The van der Waals surface area contributed by atoms with Crippen LogP contribution in [0.1, 0.15) is 65.2 Å². The number of nitrogens with one attached hydrogen (secondary N) is 3. The highest BCUT2D eigenvalue weighted by Gasteiger charge is 2.45. The van der Waals surface area contributed by atoms with Crippen molar-refractivity contribution < 1.29 is 101 Å². The number of hydrogen-bond acceptors (Lipinski definition) is 25. The Morgan fingerprint density at radius 2 is 0.978 bits per heavy atom. The first-order valence-corrected chi connectivity index (χ1v) is 32.9. The molecule has 0 spiro atoms. The van der Waals surface area contributed by atoms with E-state index in [1.807, 2.05) is 9.80 Å². The topological polar surface area (TPSA) is 361 Å². The number of carbonyl (C=O) groups excluding carboxylic acids is 10. The Morgan fingerprint density at radius 3 is 1.33 bits per heavy atom. The second kappa shape index (κ2) is 41.6. The lowest BCUT2D eigenvalue weighted by molar-refractivity contribution is -0.146. The van der Waals surface area contributed by atoms with Gasteiger partial charge in [0.2, 0.25) is 35.4 Å². The average Bonchev–Trinajstić information content (AvgIpc) is 2.27. The maximum atomic E-state index is 13.0. The summed E-state index contributed by atoms with van der Waals surface area (Å²) in [7, 11) is 3.82. The molecule has 0 bridgehead atoms. The lowest BCUT2D eigenvalue weighted by Crippen LogP contribution is -2.44. The van der Waals surface area contributed by atoms with Gasteiger partial charge in [-0.3, -0.25) is 47.9 Å². The molecular formula is C58H98N8O21S2. The van der Waals surface area contributed by atoms with Crippen molar-refractivity contribution in [1.82, 2.24) is 40.4 Å². The van der Waals surface area contributed by atoms with Gasteiger partial charge in [-0.15, -0.1) is 0 Å². The summed E-state index contributed by atoms with van der Waals surface area (Å²) in [5, 5.41) is 40.1. The van der Waals surface area contributed by atoms with Crippen LogP contribution in [0.5, 0.6) is 0 Å². The fourth-order valence-corrected chi connectivity index (χ4v) is 11.7. The fourth-order valence-electron chi connectivity index (χ4n) is 9.90. The van der Waals surface area contributed by atoms with E-state index in [-0.39, 0.29) is 197 Å². The Labute approximate surface area is 530 Å². The molecule has 4 saturated heterocycles. The molecule has 4 aliphatic heterocycles. The molecule has 89 heavy (non-hydrogen) atoms. The summed E-state index contributed by atoms with van der Waals surface area (Å²) in [4.78, 5) is 132. The third-order valence-electron chi connectivity index (χ3n) is 15.4. The van der Waals surface area contributed by atoms with Crippen molar-refractivity contribution in [2.24, 2.45) is 23.2 Å². The normalized spacial score (nSPS) is 20.4. The van der Waals surface area contributed by atoms with Gasteiger partial charge in [0.25, 0.3) is 0 Å². The quantitative estimate of drug-likeness (QED) is 0.0159. The van der Waals surface area contributed by atoms with E-state index in [1.54, 1.807) is 6.92 Å². The van der Waals surface area contributed by atoms with Gasteiger partial charge >= 0.3 is 17.9 Å². The van der Waals surface area contributed by atoms with Gasteiger partial charge in [0.15, 0.2) is 5.79 Å². The highest BCUT2D eigenvalue weighted by atomic mass is 32.2. The summed E-state index contributed by atoms with van der Waals surface area (Å²) in [5.41, 5.74) is -0.926. The summed E-state index contributed by atoms with van der Waals surface area (Å²) in [6, 6.07) is 0. The second-order valence-corrected chi connectivity index (χ2v) is 25.4. The molecule has 4 heterocycles. The molecule has 7 atom stereocenters. The Balaban J connectivity index is 1.23. The van der Waals surface area contributed by atoms with Crippen LogP contribution in [-0.4, -0.2) is 319 Å². The Morgan fingerprint density at radius 1 is 0.607 bits per heavy atom. The van der Waals surface area contributed by atoms with Crippen LogP contribution in [-0.2, 0) is 85.8 Å². The number of epoxide rings is 1. The molecule has 6 amide bonds. The third-order valence-corrected chi connectivity index (χ3v) is 17.5. The van der Waals surface area contributed by atoms with Crippen LogP contribution in [0, 0.1) is 23.2 Å². The molecule has 29 nitrogen and oxygen atoms in total. The molecule has 0 saturated carbocycles. The average molecular weight is 1310 g/mol. The second-order valence-electron chi connectivity index (χ2n) is 23.1. The molecule has 0 aromatic rings. The number of amides is 6. The van der Waals surface area contributed by atoms with E-state index in [2.05, 4.69) is 16.0 Å². The first-order valence-electron chi connectivity index (χ1n) is 30.6. The Bertz CT molecular complexity index is 2190. The predicted octanol–water partition coefficient (Wildman–Crippen LogP) is -2.48. The fraction of sp³-hybridized carbons (Fsp3) is 0.828. The van der Waals surface area contributed by atoms with Gasteiger partial charge in [0, 0.05) is 179 Å². The van der Waals surface area contributed by atoms with Crippen molar-refractivity contribution in [1.29, 1.82) is 0 Å². The Kier molecular flexibility index (Phi) is 35.9. The molecule has 6 N–H and O–H groups in total. The van der Waals surface area contributed by atoms with E-state index in [0.717, 1.165) is 0 Å². The highest BCUT2D eigenvalue weighted by molar-refractivity contribution is 7.99. The van der Waals surface area contributed by atoms with E-state index in [0.29, 0.717) is 76.0 Å². The molecule has 4 fully saturated rings. The molecule has 0 radical (unpaired) electrons. The number of rotatable bonds is 50. The first kappa shape index (κ1) is 76.7. The lowest BCUT2D eigenvalue weighted by Gasteiger charge is -2.34. The first-order chi connectivity index (χ1) is 42.6. The van der Waals surface area contributed by atoms with Crippen molar-refractivity contribution in [2.45, 2.75) is 83.2 Å². The number of thioether (sulfide) groups is 2. The van der Waals surface area contributed by atoms with Crippen LogP contribution < -0.4 is 16.0 Å². The zero-order valence-electron chi connectivity index (χ0n) is 52.6. The van der Waals surface area contributed by atoms with Crippen LogP contribution in [0.4, 0.5) is 0 Å². The molecule has 0 aliphatic carbocycles. The molecule has 4 aliphatic rings. The zero-order chi connectivity index (χ0) is 65.2. The summed E-state index contributed by atoms with van der Waals surface area (Å²) < 4.78 is 44.3. The monoisotopic (exact) mass is 1310 g/mol. The minimum absolute atomic E-state index is 0.0169. The van der Waals surface area contributed by atoms with Crippen LogP contribution in [0.2, 0.25) is 0 Å². The largest absolute Gasteiger partial charge is 0.469 e. The number of aliphatic hydroxyl groups excluding tert-OH is 3. The molecule has 508 valence electrons. The van der Waals surface area contributed by atoms with Crippen LogP contribution in [0.15, 0.2) is 0 Å². The SMILES string of the molecule is COC(=O)C1CC(=O)N(CCNC(=O)CCN(CCSCC(O)COCC(COCCCO)(COCC(O)CSCCN(CCC(=O)NCCN2CC(C(=O)OC)CC2=O)CCC(=O)NCCN2CC(C(=O)OC)CC2=O)COC2(C)CO2)CCC(C)=O)C1. The number of carbonyl (C=O) groups is 10. The summed E-state index contributed by atoms with van der Waals surface area (Å²) in [5.74, 6) is -3.32. The number of hydrogen-bond donors (Lipinski definition) is 6. The predicted molar refractivity (Wildman–Crippen MR) is 325 cm³/mol. The van der Waals surface area contributed by atoms with E-state index in [1.165, 1.54) is 66.5 Å². The summed E-state index contributed by atoms with van der Waals surface area (Å²) >= 11 is 2.94. The lowest BCUT2D eigenvalue weighted by atomic mass is 9.92. The van der Waals surface area contributed by atoms with Crippen LogP contribution in [0.3, 0.4) is 0 Å². The van der Waals surface area contributed by atoms with Gasteiger partial charge < -0.3 is 93.7 Å². The standard InChI is InChI=1S/C58H98N8O21S2/c1-42(68)7-14-62(15-8-48(71)59-11-18-64-30-43(27-51(64)74)54(77)80-3)21-25-88-35-46(69)33-84-39-58(38-83-24-6-23-67,41-87-57(2)37-86-57)40-85-34-47(70)36-89-26-22-63(16-9-49(72)60-12-19-65-31-44(28-52(65)75)55(78)81-4)17-10-50(73)61-13-20-66-32-45(29-53(66)76)56(79)82-5/h43-47,67,69-70H,6-41H2,1-5H3,(H,59,71)(H,60,72)(H,61,73). The zero-order valence-corrected chi connectivity index (χ0v) is 54.2. The number of nitrogens with zero attached hydrogens (tertiary/aromatic N) is 5. The third kappa shape index (κ3) is 30.5. The van der Waals surface area contributed by atoms with Gasteiger partial charge in [0.05, 0.1) is 96.3 Å². The molecule has 31 heteroatoms. The Hall–Kier alpha value is -4.80. The number of likely N-dealkylation sites (tertiary alicyclic amines) is 3. The van der Waals surface area contributed by atoms with Crippen molar-refractivity contribution in [3.63, 3.8) is 0 Å². The summed E-state index contributed by atoms with van der Waals surface area (Å²) in [6.45, 7) is 8.47. The summed E-state index contributed by atoms with van der Waals surface area (Å²) in [6.07, 6.45) is -0.532. The van der Waals surface area contributed by atoms with Gasteiger partial charge in [-0.1, -0.05) is 0 Å². The molecule has 0 aromatic carbocycles. The molecule has 0 aromatic heterocycles. The van der Waals surface area contributed by atoms with Gasteiger partial charge in [-0.25, -0.2) is 0 Å². The molecule has 7 unspecified atom stereocenters. The van der Waals surface area contributed by atoms with Crippen LogP contribution in [0.25, 0.3) is 0 Å². The van der Waals surface area contributed by atoms with Gasteiger partial charge in [-0.2, -0.15) is 23.5 Å². The number of esters is 3. The number of methoxy groups -OCH3 is 3. The minimum Gasteiger partial charge on any atom is -0.469 e. The van der Waals surface area contributed by atoms with Crippen molar-refractivity contribution in [2.75, 3.05) is 202 Å². The van der Waals surface area contributed by atoms with Crippen LogP contribution >= 0.6 is 23.5 Å². The van der Waals surface area contributed by atoms with Crippen molar-refractivity contribution in [3.8, 4) is 0 Å². The number of aliphatic hydroxyl groups is 3. The van der Waals surface area contributed by atoms with E-state index >= 15 is 0 Å². The number of Topliss-reactive ketones (excluding diaryl/α,β-unsaturated/α-hetero) is 1. The maximum absolute atomic E-state index is 13.0. The number of ketones is 1. The number of ether oxygens (including phenoxy) is 8. The van der Waals surface area contributed by atoms with Crippen molar-refractivity contribution in [3.05, 3.63) is 0 Å². The highest BCUT2D eigenvalue weighted by Crippen LogP contribution is 2.32.